The van der Waals surface area contributed by atoms with Crippen molar-refractivity contribution >= 4 is 23.3 Å². The number of aromatic nitrogens is 3. The van der Waals surface area contributed by atoms with Crippen molar-refractivity contribution in [1.82, 2.24) is 19.5 Å². The number of fused-ring (bicyclic) bond motifs is 1. The lowest BCUT2D eigenvalue weighted by atomic mass is 10.0. The van der Waals surface area contributed by atoms with E-state index in [4.69, 9.17) is 5.26 Å². The summed E-state index contributed by atoms with van der Waals surface area (Å²) < 4.78 is 28.9. The number of hydrogen-bond acceptors (Lipinski definition) is 5. The minimum absolute atomic E-state index is 0.156. The van der Waals surface area contributed by atoms with Crippen molar-refractivity contribution in [2.75, 3.05) is 0 Å². The van der Waals surface area contributed by atoms with Gasteiger partial charge in [0.2, 0.25) is 5.91 Å². The van der Waals surface area contributed by atoms with Crippen molar-refractivity contribution in [3.63, 3.8) is 0 Å². The summed E-state index contributed by atoms with van der Waals surface area (Å²) >= 11 is 0. The van der Waals surface area contributed by atoms with Crippen LogP contribution in [0, 0.1) is 23.0 Å². The molecule has 9 heteroatoms. The maximum atomic E-state index is 13.6. The number of carbonyl (C=O) groups excluding carboxylic acids is 1. The topological polar surface area (TPSA) is 87.2 Å². The number of hydrogen-bond donors (Lipinski definition) is 0. The molecule has 0 radical (unpaired) electrons. The van der Waals surface area contributed by atoms with Gasteiger partial charge in [0, 0.05) is 37.9 Å². The predicted octanol–water partition coefficient (Wildman–Crippen LogP) is 3.88. The lowest BCUT2D eigenvalue weighted by Gasteiger charge is -2.22. The third-order valence-corrected chi connectivity index (χ3v) is 5.03. The maximum Gasteiger partial charge on any atom is 0.243 e. The van der Waals surface area contributed by atoms with Crippen molar-refractivity contribution in [3.05, 3.63) is 71.7 Å². The molecule has 0 fully saturated rings. The van der Waals surface area contributed by atoms with Crippen LogP contribution in [0.2, 0.25) is 0 Å². The van der Waals surface area contributed by atoms with E-state index in [1.807, 2.05) is 6.07 Å². The zero-order valence-corrected chi connectivity index (χ0v) is 16.5. The largest absolute Gasteiger partial charge is 0.311 e. The second-order valence-electron chi connectivity index (χ2n) is 7.29. The van der Waals surface area contributed by atoms with Gasteiger partial charge < -0.3 is 4.57 Å². The molecule has 0 spiro atoms. The van der Waals surface area contributed by atoms with Crippen LogP contribution < -0.4 is 0 Å². The number of hydrazone groups is 1. The van der Waals surface area contributed by atoms with Gasteiger partial charge in [-0.2, -0.15) is 10.4 Å². The predicted molar refractivity (Wildman–Crippen MR) is 110 cm³/mol. The van der Waals surface area contributed by atoms with Crippen LogP contribution in [0.25, 0.3) is 11.2 Å². The lowest BCUT2D eigenvalue weighted by molar-refractivity contribution is -0.133. The summed E-state index contributed by atoms with van der Waals surface area (Å²) in [5.74, 6) is -1.63. The molecule has 2 aromatic heterocycles. The minimum Gasteiger partial charge on any atom is -0.311 e. The Balaban J connectivity index is 1.38. The van der Waals surface area contributed by atoms with E-state index in [1.165, 1.54) is 23.3 Å². The molecule has 3 heterocycles. The molecule has 0 saturated heterocycles. The van der Waals surface area contributed by atoms with Crippen LogP contribution in [0.1, 0.15) is 36.4 Å². The highest BCUT2D eigenvalue weighted by atomic mass is 19.1. The number of allylic oxidation sites excluding steroid dienone is 1. The van der Waals surface area contributed by atoms with Gasteiger partial charge in [-0.05, 0) is 30.2 Å². The van der Waals surface area contributed by atoms with Gasteiger partial charge in [0.25, 0.3) is 0 Å². The molecule has 1 aromatic carbocycles. The first-order valence-electron chi connectivity index (χ1n) is 9.62. The second-order valence-corrected chi connectivity index (χ2v) is 7.29. The summed E-state index contributed by atoms with van der Waals surface area (Å²) in [6.07, 6.45) is 5.62. The van der Waals surface area contributed by atoms with Gasteiger partial charge in [-0.15, -0.1) is 0 Å². The molecule has 1 aliphatic rings. The Morgan fingerprint density at radius 1 is 1.19 bits per heavy atom. The minimum atomic E-state index is -0.689. The van der Waals surface area contributed by atoms with E-state index in [-0.39, 0.29) is 12.3 Å². The monoisotopic (exact) mass is 420 g/mol. The van der Waals surface area contributed by atoms with Gasteiger partial charge in [0.1, 0.15) is 23.2 Å². The second kappa shape index (κ2) is 8.44. The van der Waals surface area contributed by atoms with Crippen LogP contribution in [0.15, 0.2) is 54.0 Å². The normalized spacial score (nSPS) is 15.4. The number of amides is 1. The van der Waals surface area contributed by atoms with Crippen LogP contribution in [-0.2, 0) is 11.3 Å². The Morgan fingerprint density at radius 2 is 1.97 bits per heavy atom. The molecule has 4 rings (SSSR count). The highest BCUT2D eigenvalue weighted by molar-refractivity contribution is 5.80. The number of nitrogens with zero attached hydrogens (tertiary/aromatic N) is 6. The number of benzene rings is 1. The first-order chi connectivity index (χ1) is 14.9. The van der Waals surface area contributed by atoms with Crippen LogP contribution in [0.3, 0.4) is 0 Å². The SMILES string of the molecule is C=C(CCC(=O)N1N=CCC1c1cc(F)cc(F)c1)Cn1cnc2cc(C#N)cnc21. The average molecular weight is 420 g/mol. The van der Waals surface area contributed by atoms with E-state index in [0.29, 0.717) is 41.7 Å². The zero-order valence-electron chi connectivity index (χ0n) is 16.5. The summed E-state index contributed by atoms with van der Waals surface area (Å²) in [6, 6.07) is 6.39. The van der Waals surface area contributed by atoms with E-state index in [9.17, 15) is 13.6 Å². The van der Waals surface area contributed by atoms with Crippen LogP contribution >= 0.6 is 0 Å². The van der Waals surface area contributed by atoms with E-state index < -0.39 is 17.7 Å². The van der Waals surface area contributed by atoms with Crippen molar-refractivity contribution in [2.24, 2.45) is 5.10 Å². The van der Waals surface area contributed by atoms with Crippen molar-refractivity contribution < 1.29 is 13.6 Å². The summed E-state index contributed by atoms with van der Waals surface area (Å²) in [5.41, 5.74) is 2.83. The van der Waals surface area contributed by atoms with E-state index in [1.54, 1.807) is 23.2 Å². The summed E-state index contributed by atoms with van der Waals surface area (Å²) in [5, 5.41) is 14.3. The van der Waals surface area contributed by atoms with Crippen molar-refractivity contribution in [2.45, 2.75) is 31.8 Å². The highest BCUT2D eigenvalue weighted by Crippen LogP contribution is 2.30. The van der Waals surface area contributed by atoms with Crippen LogP contribution in [0.4, 0.5) is 8.78 Å². The van der Waals surface area contributed by atoms with Crippen LogP contribution in [0.5, 0.6) is 0 Å². The number of halogens is 2. The van der Waals surface area contributed by atoms with Gasteiger partial charge in [-0.3, -0.25) is 4.79 Å². The van der Waals surface area contributed by atoms with Gasteiger partial charge in [0.05, 0.1) is 17.9 Å². The zero-order chi connectivity index (χ0) is 22.0. The fourth-order valence-electron chi connectivity index (χ4n) is 3.54. The third-order valence-electron chi connectivity index (χ3n) is 5.03. The van der Waals surface area contributed by atoms with Crippen LogP contribution in [-0.4, -0.2) is 31.7 Å². The third kappa shape index (κ3) is 4.33. The lowest BCUT2D eigenvalue weighted by Crippen LogP contribution is -2.27. The number of carbonyl (C=O) groups is 1. The molecule has 1 aliphatic heterocycles. The molecule has 1 atom stereocenters. The smallest absolute Gasteiger partial charge is 0.243 e. The summed E-state index contributed by atoms with van der Waals surface area (Å²) in [6.45, 7) is 4.45. The quantitative estimate of drug-likeness (QED) is 0.567. The molecule has 0 bridgehead atoms. The fraction of sp³-hybridized carbons (Fsp3) is 0.227. The molecule has 0 aliphatic carbocycles. The molecular weight excluding hydrogens is 402 g/mol. The van der Waals surface area contributed by atoms with Gasteiger partial charge in [-0.1, -0.05) is 12.2 Å². The van der Waals surface area contributed by atoms with Crippen molar-refractivity contribution in [1.29, 1.82) is 5.26 Å². The molecule has 156 valence electrons. The summed E-state index contributed by atoms with van der Waals surface area (Å²) in [4.78, 5) is 21.2. The maximum absolute atomic E-state index is 13.6. The Labute approximate surface area is 176 Å². The highest BCUT2D eigenvalue weighted by Gasteiger charge is 2.28. The van der Waals surface area contributed by atoms with E-state index in [2.05, 4.69) is 21.6 Å². The molecule has 31 heavy (non-hydrogen) atoms. The van der Waals surface area contributed by atoms with E-state index in [0.717, 1.165) is 11.6 Å². The number of pyridine rings is 1. The number of rotatable bonds is 6. The first-order valence-corrected chi connectivity index (χ1v) is 9.62. The molecular formula is C22H18F2N6O. The summed E-state index contributed by atoms with van der Waals surface area (Å²) in [7, 11) is 0. The average Bonchev–Trinajstić information content (AvgIpc) is 3.38. The standard InChI is InChI=1S/C22H18F2N6O/c1-14(12-29-13-27-19-6-15(10-25)11-26-22(19)29)2-3-21(31)30-20(4-5-28-30)16-7-17(23)9-18(24)8-16/h5-9,11,13,20H,1-4,12H2. The van der Waals surface area contributed by atoms with Crippen molar-refractivity contribution in [3.8, 4) is 6.07 Å². The molecule has 1 amide bonds. The Bertz CT molecular complexity index is 1220. The number of imidazole rings is 1. The van der Waals surface area contributed by atoms with Gasteiger partial charge in [0.15, 0.2) is 5.65 Å². The molecule has 7 nitrogen and oxygen atoms in total. The Kier molecular flexibility index (Phi) is 5.54. The molecule has 1 unspecified atom stereocenters. The van der Waals surface area contributed by atoms with Gasteiger partial charge in [-0.25, -0.2) is 23.8 Å². The molecule has 0 N–H and O–H groups in total. The Hall–Kier alpha value is -3.93. The van der Waals surface area contributed by atoms with Gasteiger partial charge >= 0.3 is 0 Å². The Morgan fingerprint density at radius 3 is 2.71 bits per heavy atom. The fourth-order valence-corrected chi connectivity index (χ4v) is 3.54. The van der Waals surface area contributed by atoms with E-state index >= 15 is 0 Å². The molecule has 3 aromatic rings. The molecule has 0 saturated carbocycles. The first kappa shape index (κ1) is 20.3. The number of nitriles is 1.